The molecule has 1 spiro atoms. The average Bonchev–Trinajstić information content (AvgIpc) is 3.14. The molecule has 1 N–H and O–H groups in total. The summed E-state index contributed by atoms with van der Waals surface area (Å²) in [5, 5.41) is 9.17. The molecule has 1 aromatic carbocycles. The number of carbonyl (C=O) groups excluding carboxylic acids is 1. The lowest BCUT2D eigenvalue weighted by molar-refractivity contribution is -0.146. The summed E-state index contributed by atoms with van der Waals surface area (Å²) in [6.45, 7) is 0.0123. The number of hydrogen-bond donors (Lipinski definition) is 1. The summed E-state index contributed by atoms with van der Waals surface area (Å²) in [5.41, 5.74) is -1.89. The quantitative estimate of drug-likeness (QED) is 0.809. The molecule has 132 valence electrons. The molecule has 0 radical (unpaired) electrons. The average molecular weight is 374 g/mol. The van der Waals surface area contributed by atoms with Crippen LogP contribution in [0.4, 0.5) is 18.9 Å². The number of carbonyl (C=O) groups is 2. The molecule has 1 aromatic rings. The van der Waals surface area contributed by atoms with Crippen LogP contribution in [0.15, 0.2) is 30.4 Å². The number of rotatable bonds is 2. The number of halogens is 4. The molecule has 3 aliphatic heterocycles. The summed E-state index contributed by atoms with van der Waals surface area (Å²) < 4.78 is 44.0. The molecule has 5 nitrogen and oxygen atoms in total. The molecule has 3 heterocycles. The molecule has 2 saturated heterocycles. The lowest BCUT2D eigenvalue weighted by atomic mass is 9.77. The third kappa shape index (κ3) is 2.20. The van der Waals surface area contributed by atoms with E-state index in [-0.39, 0.29) is 17.3 Å². The summed E-state index contributed by atoms with van der Waals surface area (Å²) in [6, 6.07) is 2.70. The number of hydrogen-bond acceptors (Lipinski definition) is 3. The first-order valence-electron chi connectivity index (χ1n) is 7.42. The molecule has 1 amide bonds. The number of aliphatic carboxylic acids is 1. The predicted octanol–water partition coefficient (Wildman–Crippen LogP) is 2.73. The van der Waals surface area contributed by atoms with Crippen molar-refractivity contribution in [3.8, 4) is 0 Å². The molecular formula is C16H11ClF3NO4. The van der Waals surface area contributed by atoms with Gasteiger partial charge in [-0.25, -0.2) is 0 Å². The number of fused-ring (bicyclic) bond motifs is 1. The Labute approximate surface area is 144 Å². The Hall–Kier alpha value is -2.06. The fourth-order valence-corrected chi connectivity index (χ4v) is 4.17. The minimum atomic E-state index is -4.55. The lowest BCUT2D eigenvalue weighted by Crippen LogP contribution is -2.39. The van der Waals surface area contributed by atoms with E-state index in [0.717, 1.165) is 18.2 Å². The van der Waals surface area contributed by atoms with Crippen molar-refractivity contribution in [3.05, 3.63) is 40.9 Å². The highest BCUT2D eigenvalue weighted by Crippen LogP contribution is 2.53. The van der Waals surface area contributed by atoms with Crippen molar-refractivity contribution >= 4 is 29.2 Å². The Morgan fingerprint density at radius 1 is 1.40 bits per heavy atom. The Bertz CT molecular complexity index is 824. The van der Waals surface area contributed by atoms with Gasteiger partial charge in [-0.05, 0) is 18.2 Å². The van der Waals surface area contributed by atoms with Gasteiger partial charge in [-0.15, -0.1) is 0 Å². The van der Waals surface area contributed by atoms with Crippen LogP contribution < -0.4 is 4.90 Å². The highest BCUT2D eigenvalue weighted by atomic mass is 35.5. The van der Waals surface area contributed by atoms with Crippen molar-refractivity contribution in [1.82, 2.24) is 0 Å². The summed E-state index contributed by atoms with van der Waals surface area (Å²) in [4.78, 5) is 25.5. The fourth-order valence-electron chi connectivity index (χ4n) is 3.89. The van der Waals surface area contributed by atoms with Gasteiger partial charge in [-0.1, -0.05) is 23.8 Å². The van der Waals surface area contributed by atoms with E-state index >= 15 is 0 Å². The zero-order valence-corrected chi connectivity index (χ0v) is 13.2. The minimum absolute atomic E-state index is 0.0123. The summed E-state index contributed by atoms with van der Waals surface area (Å²) in [6.07, 6.45) is -1.94. The van der Waals surface area contributed by atoms with Crippen LogP contribution in [0.1, 0.15) is 5.56 Å². The van der Waals surface area contributed by atoms with Crippen LogP contribution in [0.2, 0.25) is 5.02 Å². The number of carboxylic acids is 1. The van der Waals surface area contributed by atoms with Gasteiger partial charge in [0.25, 0.3) is 0 Å². The maximum atomic E-state index is 12.8. The maximum absolute atomic E-state index is 12.8. The van der Waals surface area contributed by atoms with E-state index in [1.54, 1.807) is 12.2 Å². The van der Waals surface area contributed by atoms with Crippen LogP contribution in [-0.4, -0.2) is 35.2 Å². The van der Waals surface area contributed by atoms with Crippen LogP contribution in [0, 0.1) is 11.8 Å². The molecule has 0 aromatic heterocycles. The number of anilines is 1. The van der Waals surface area contributed by atoms with Crippen molar-refractivity contribution in [3.63, 3.8) is 0 Å². The molecule has 4 atom stereocenters. The third-order valence-corrected chi connectivity index (χ3v) is 5.25. The van der Waals surface area contributed by atoms with Gasteiger partial charge in [0.1, 0.15) is 11.5 Å². The van der Waals surface area contributed by atoms with Gasteiger partial charge in [-0.2, -0.15) is 13.2 Å². The van der Waals surface area contributed by atoms with Gasteiger partial charge in [0, 0.05) is 0 Å². The molecule has 4 rings (SSSR count). The predicted molar refractivity (Wildman–Crippen MR) is 80.2 cm³/mol. The monoisotopic (exact) mass is 373 g/mol. The van der Waals surface area contributed by atoms with E-state index in [0.29, 0.717) is 0 Å². The van der Waals surface area contributed by atoms with E-state index < -0.39 is 47.2 Å². The number of benzene rings is 1. The van der Waals surface area contributed by atoms with Gasteiger partial charge < -0.3 is 14.7 Å². The smallest absolute Gasteiger partial charge is 0.416 e. The van der Waals surface area contributed by atoms with Crippen molar-refractivity contribution in [1.29, 1.82) is 0 Å². The second-order valence-corrected chi connectivity index (χ2v) is 6.73. The lowest BCUT2D eigenvalue weighted by Gasteiger charge is -2.22. The second kappa shape index (κ2) is 4.98. The normalized spacial score (nSPS) is 33.2. The van der Waals surface area contributed by atoms with Gasteiger partial charge in [0.05, 0.1) is 34.8 Å². The van der Waals surface area contributed by atoms with Crippen molar-refractivity contribution in [2.24, 2.45) is 11.8 Å². The molecule has 9 heteroatoms. The number of alkyl halides is 3. The molecule has 0 saturated carbocycles. The maximum Gasteiger partial charge on any atom is 0.416 e. The van der Waals surface area contributed by atoms with Crippen LogP contribution in [0.3, 0.4) is 0 Å². The minimum Gasteiger partial charge on any atom is -0.481 e. The van der Waals surface area contributed by atoms with Gasteiger partial charge >= 0.3 is 12.1 Å². The first-order valence-corrected chi connectivity index (χ1v) is 7.80. The van der Waals surface area contributed by atoms with E-state index in [2.05, 4.69) is 0 Å². The molecule has 0 aliphatic carbocycles. The van der Waals surface area contributed by atoms with E-state index in [9.17, 15) is 27.9 Å². The Morgan fingerprint density at radius 2 is 2.12 bits per heavy atom. The van der Waals surface area contributed by atoms with E-state index in [1.165, 1.54) is 4.90 Å². The summed E-state index contributed by atoms with van der Waals surface area (Å²) in [5.74, 6) is -3.59. The Balaban J connectivity index is 1.72. The van der Waals surface area contributed by atoms with Gasteiger partial charge in [0.15, 0.2) is 0 Å². The number of carboxylic acid groups (broad SMARTS) is 1. The highest BCUT2D eigenvalue weighted by molar-refractivity contribution is 6.34. The molecule has 3 aliphatic rings. The van der Waals surface area contributed by atoms with Crippen LogP contribution in [0.5, 0.6) is 0 Å². The number of amides is 1. The van der Waals surface area contributed by atoms with E-state index in [1.807, 2.05) is 0 Å². The topological polar surface area (TPSA) is 66.8 Å². The number of ether oxygens (including phenoxy) is 1. The zero-order chi connectivity index (χ0) is 18.1. The Kier molecular flexibility index (Phi) is 3.27. The molecule has 25 heavy (non-hydrogen) atoms. The van der Waals surface area contributed by atoms with Crippen molar-refractivity contribution in [2.75, 3.05) is 11.4 Å². The zero-order valence-electron chi connectivity index (χ0n) is 12.5. The summed E-state index contributed by atoms with van der Waals surface area (Å²) in [7, 11) is 0. The van der Waals surface area contributed by atoms with Crippen LogP contribution in [-0.2, 0) is 20.5 Å². The largest absolute Gasteiger partial charge is 0.481 e. The highest BCUT2D eigenvalue weighted by Gasteiger charge is 2.67. The van der Waals surface area contributed by atoms with E-state index in [4.69, 9.17) is 16.3 Å². The van der Waals surface area contributed by atoms with Crippen LogP contribution >= 0.6 is 11.6 Å². The third-order valence-electron chi connectivity index (χ3n) is 4.95. The summed E-state index contributed by atoms with van der Waals surface area (Å²) >= 11 is 5.97. The standard InChI is InChI=1S/C16H11ClF3NO4/c17-8-5-7(16(18,19)20)1-2-9(8)21-6-15-4-3-10(25-15)11(14(23)24)12(15)13(21)22/h1-5,10-12H,6H2,(H,23,24)/t10-,11+,12-,15-/m1/s1. The Morgan fingerprint density at radius 3 is 2.72 bits per heavy atom. The molecule has 2 bridgehead atoms. The second-order valence-electron chi connectivity index (χ2n) is 6.33. The van der Waals surface area contributed by atoms with Crippen molar-refractivity contribution < 1.29 is 32.6 Å². The molecular weight excluding hydrogens is 363 g/mol. The van der Waals surface area contributed by atoms with Crippen molar-refractivity contribution in [2.45, 2.75) is 17.9 Å². The van der Waals surface area contributed by atoms with Gasteiger partial charge in [0.2, 0.25) is 5.91 Å². The first kappa shape index (κ1) is 16.4. The SMILES string of the molecule is O=C(O)[C@H]1[C@H]2C=C[C@]3(CN(c4ccc(C(F)(F)F)cc4Cl)C(=O)[C@@H]13)O2. The van der Waals surface area contributed by atoms with Crippen LogP contribution in [0.25, 0.3) is 0 Å². The molecule has 0 unspecified atom stereocenters. The molecule has 2 fully saturated rings. The first-order chi connectivity index (χ1) is 11.6. The number of nitrogens with zero attached hydrogens (tertiary/aromatic N) is 1. The fraction of sp³-hybridized carbons (Fsp3) is 0.375. The van der Waals surface area contributed by atoms with Gasteiger partial charge in [-0.3, -0.25) is 9.59 Å².